The van der Waals surface area contributed by atoms with Crippen molar-refractivity contribution >= 4 is 33.2 Å². The van der Waals surface area contributed by atoms with Crippen molar-refractivity contribution in [2.45, 2.75) is 13.8 Å². The molecule has 0 saturated carbocycles. The molecule has 0 saturated heterocycles. The Hall–Kier alpha value is -0.390. The van der Waals surface area contributed by atoms with Gasteiger partial charge in [0.15, 0.2) is 0 Å². The number of halogens is 1. The largest absolute Gasteiger partial charge is 0.287 e. The van der Waals surface area contributed by atoms with E-state index in [0.29, 0.717) is 16.5 Å². The molecule has 3 nitrogen and oxygen atoms in total. The van der Waals surface area contributed by atoms with Gasteiger partial charge in [0.2, 0.25) is 0 Å². The van der Waals surface area contributed by atoms with Crippen LogP contribution < -0.4 is 0 Å². The number of hydroxylamine groups is 2. The zero-order valence-corrected chi connectivity index (χ0v) is 9.78. The monoisotopic (exact) mass is 263 g/mol. The normalized spacial score (nSPS) is 10.2. The van der Waals surface area contributed by atoms with Crippen LogP contribution in [0.4, 0.5) is 0 Å². The highest BCUT2D eigenvalue weighted by atomic mass is 79.9. The Morgan fingerprint density at radius 3 is 2.77 bits per heavy atom. The summed E-state index contributed by atoms with van der Waals surface area (Å²) in [6, 6.07) is 1.76. The van der Waals surface area contributed by atoms with Crippen LogP contribution in [0, 0.1) is 6.92 Å². The van der Waals surface area contributed by atoms with Gasteiger partial charge in [0.05, 0.1) is 8.66 Å². The Balaban J connectivity index is 2.89. The first-order valence-corrected chi connectivity index (χ1v) is 5.44. The number of amides is 1. The van der Waals surface area contributed by atoms with E-state index in [1.54, 1.807) is 13.0 Å². The van der Waals surface area contributed by atoms with Crippen LogP contribution in [-0.4, -0.2) is 22.7 Å². The lowest BCUT2D eigenvalue weighted by Gasteiger charge is -2.09. The summed E-state index contributed by atoms with van der Waals surface area (Å²) in [4.78, 5) is 12.0. The van der Waals surface area contributed by atoms with Gasteiger partial charge in [-0.1, -0.05) is 0 Å². The fraction of sp³-hybridized carbons (Fsp3) is 0.375. The number of hydrogen-bond donors (Lipinski definition) is 1. The first-order valence-electron chi connectivity index (χ1n) is 3.83. The van der Waals surface area contributed by atoms with E-state index in [9.17, 15) is 4.79 Å². The summed E-state index contributed by atoms with van der Waals surface area (Å²) in [5, 5.41) is 9.86. The van der Waals surface area contributed by atoms with E-state index in [-0.39, 0.29) is 5.91 Å². The molecule has 13 heavy (non-hydrogen) atoms. The molecule has 0 aliphatic heterocycles. The van der Waals surface area contributed by atoms with Gasteiger partial charge in [0.25, 0.3) is 5.91 Å². The number of nitrogens with zero attached hydrogens (tertiary/aromatic N) is 1. The van der Waals surface area contributed by atoms with Crippen LogP contribution in [0.3, 0.4) is 0 Å². The van der Waals surface area contributed by atoms with Crippen molar-refractivity contribution in [2.24, 2.45) is 0 Å². The van der Waals surface area contributed by atoms with Gasteiger partial charge in [-0.25, -0.2) is 5.06 Å². The second-order valence-electron chi connectivity index (χ2n) is 2.59. The quantitative estimate of drug-likeness (QED) is 0.659. The molecule has 72 valence electrons. The minimum Gasteiger partial charge on any atom is -0.286 e. The molecule has 0 radical (unpaired) electrons. The summed E-state index contributed by atoms with van der Waals surface area (Å²) in [6.45, 7) is 3.92. The van der Waals surface area contributed by atoms with E-state index >= 15 is 0 Å². The van der Waals surface area contributed by atoms with E-state index in [0.717, 1.165) is 9.35 Å². The highest BCUT2D eigenvalue weighted by Gasteiger charge is 2.15. The SMILES string of the molecule is CCN(O)C(=O)c1cc(C)c(Br)s1. The van der Waals surface area contributed by atoms with Crippen molar-refractivity contribution in [3.8, 4) is 0 Å². The third-order valence-corrected chi connectivity index (χ3v) is 3.73. The molecule has 1 N–H and O–H groups in total. The van der Waals surface area contributed by atoms with Crippen molar-refractivity contribution in [3.05, 3.63) is 20.3 Å². The number of hydrogen-bond acceptors (Lipinski definition) is 3. The fourth-order valence-electron chi connectivity index (χ4n) is 0.836. The standard InChI is InChI=1S/C8H10BrNO2S/c1-3-10(12)8(11)6-4-5(2)7(9)13-6/h4,12H,3H2,1-2H3. The van der Waals surface area contributed by atoms with Crippen LogP contribution in [0.5, 0.6) is 0 Å². The molecule has 0 atom stereocenters. The first kappa shape index (κ1) is 10.7. The summed E-state index contributed by atoms with van der Waals surface area (Å²) in [5.41, 5.74) is 1.01. The lowest BCUT2D eigenvalue weighted by Crippen LogP contribution is -2.26. The Bertz CT molecular complexity index is 304. The maximum absolute atomic E-state index is 11.4. The zero-order valence-electron chi connectivity index (χ0n) is 7.37. The molecule has 0 unspecified atom stereocenters. The van der Waals surface area contributed by atoms with Gasteiger partial charge in [-0.2, -0.15) is 0 Å². The summed E-state index contributed by atoms with van der Waals surface area (Å²) < 4.78 is 0.931. The molecule has 1 amide bonds. The molecule has 5 heteroatoms. The third-order valence-electron chi connectivity index (χ3n) is 1.60. The first-order chi connectivity index (χ1) is 6.06. The van der Waals surface area contributed by atoms with Crippen molar-refractivity contribution < 1.29 is 10.0 Å². The van der Waals surface area contributed by atoms with Crippen LogP contribution in [0.2, 0.25) is 0 Å². The van der Waals surface area contributed by atoms with Crippen LogP contribution in [0.1, 0.15) is 22.2 Å². The fourth-order valence-corrected chi connectivity index (χ4v) is 2.32. The smallest absolute Gasteiger partial charge is 0.286 e. The average molecular weight is 264 g/mol. The number of rotatable bonds is 2. The van der Waals surface area contributed by atoms with Crippen molar-refractivity contribution in [1.82, 2.24) is 5.06 Å². The second-order valence-corrected chi connectivity index (χ2v) is 4.96. The van der Waals surface area contributed by atoms with Gasteiger partial charge in [0.1, 0.15) is 0 Å². The number of thiophene rings is 1. The predicted octanol–water partition coefficient (Wildman–Crippen LogP) is 2.67. The molecule has 0 bridgehead atoms. The average Bonchev–Trinajstić information content (AvgIpc) is 2.44. The molecule has 1 aromatic heterocycles. The Morgan fingerprint density at radius 1 is 1.77 bits per heavy atom. The van der Waals surface area contributed by atoms with Gasteiger partial charge >= 0.3 is 0 Å². The van der Waals surface area contributed by atoms with E-state index < -0.39 is 0 Å². The summed E-state index contributed by atoms with van der Waals surface area (Å²) in [6.07, 6.45) is 0. The van der Waals surface area contributed by atoms with Gasteiger partial charge in [-0.15, -0.1) is 11.3 Å². The maximum atomic E-state index is 11.4. The molecule has 0 aromatic carbocycles. The van der Waals surface area contributed by atoms with Gasteiger partial charge < -0.3 is 0 Å². The summed E-state index contributed by atoms with van der Waals surface area (Å²) in [7, 11) is 0. The number of carbonyl (C=O) groups excluding carboxylic acids is 1. The van der Waals surface area contributed by atoms with Crippen molar-refractivity contribution in [2.75, 3.05) is 6.54 Å². The lowest BCUT2D eigenvalue weighted by atomic mass is 10.3. The van der Waals surface area contributed by atoms with Crippen molar-refractivity contribution in [1.29, 1.82) is 0 Å². The molecular formula is C8H10BrNO2S. The van der Waals surface area contributed by atoms with Crippen LogP contribution in [0.25, 0.3) is 0 Å². The van der Waals surface area contributed by atoms with Crippen molar-refractivity contribution in [3.63, 3.8) is 0 Å². The third kappa shape index (κ3) is 2.30. The Morgan fingerprint density at radius 2 is 2.38 bits per heavy atom. The highest BCUT2D eigenvalue weighted by Crippen LogP contribution is 2.27. The zero-order chi connectivity index (χ0) is 10.0. The predicted molar refractivity (Wildman–Crippen MR) is 55.3 cm³/mol. The highest BCUT2D eigenvalue weighted by molar-refractivity contribution is 9.11. The molecular weight excluding hydrogens is 254 g/mol. The summed E-state index contributed by atoms with van der Waals surface area (Å²) in [5.74, 6) is -0.346. The van der Waals surface area contributed by atoms with Gasteiger partial charge in [-0.3, -0.25) is 10.0 Å². The second kappa shape index (κ2) is 4.21. The minimum atomic E-state index is -0.346. The minimum absolute atomic E-state index is 0.299. The molecule has 0 fully saturated rings. The molecule has 0 aliphatic rings. The topological polar surface area (TPSA) is 40.5 Å². The van der Waals surface area contributed by atoms with Crippen LogP contribution in [0.15, 0.2) is 9.85 Å². The van der Waals surface area contributed by atoms with E-state index in [1.165, 1.54) is 11.3 Å². The van der Waals surface area contributed by atoms with E-state index in [1.807, 2.05) is 6.92 Å². The molecule has 1 aromatic rings. The van der Waals surface area contributed by atoms with Crippen LogP contribution >= 0.6 is 27.3 Å². The number of carbonyl (C=O) groups is 1. The number of aryl methyl sites for hydroxylation is 1. The Labute approximate surface area is 89.1 Å². The van der Waals surface area contributed by atoms with Crippen LogP contribution in [-0.2, 0) is 0 Å². The molecule has 1 heterocycles. The maximum Gasteiger partial charge on any atom is 0.287 e. The Kier molecular flexibility index (Phi) is 3.47. The van der Waals surface area contributed by atoms with E-state index in [4.69, 9.17) is 5.21 Å². The lowest BCUT2D eigenvalue weighted by molar-refractivity contribution is -0.0537. The van der Waals surface area contributed by atoms with Gasteiger partial charge in [0, 0.05) is 6.54 Å². The molecule has 0 aliphatic carbocycles. The molecule has 1 rings (SSSR count). The van der Waals surface area contributed by atoms with Gasteiger partial charge in [-0.05, 0) is 41.4 Å². The molecule has 0 spiro atoms. The summed E-state index contributed by atoms with van der Waals surface area (Å²) >= 11 is 4.65. The van der Waals surface area contributed by atoms with E-state index in [2.05, 4.69) is 15.9 Å².